The molecule has 1 amide bonds. The lowest BCUT2D eigenvalue weighted by molar-refractivity contribution is -0.119. The third-order valence-electron chi connectivity index (χ3n) is 2.05. The predicted octanol–water partition coefficient (Wildman–Crippen LogP) is 0.839. The maximum atomic E-state index is 10.6. The fraction of sp³-hybridized carbons (Fsp3) is 0.750. The second-order valence-corrected chi connectivity index (χ2v) is 3.30. The van der Waals surface area contributed by atoms with Gasteiger partial charge in [0.15, 0.2) is 0 Å². The summed E-state index contributed by atoms with van der Waals surface area (Å²) >= 11 is 0. The fourth-order valence-electron chi connectivity index (χ4n) is 1.51. The molecule has 0 saturated heterocycles. The van der Waals surface area contributed by atoms with Crippen molar-refractivity contribution in [2.45, 2.75) is 32.3 Å². The number of ether oxygens (including phenoxy) is 1. The van der Waals surface area contributed by atoms with E-state index in [9.17, 15) is 9.59 Å². The fourth-order valence-corrected chi connectivity index (χ4v) is 1.51. The van der Waals surface area contributed by atoms with Crippen molar-refractivity contribution < 1.29 is 14.3 Å². The van der Waals surface area contributed by atoms with Crippen LogP contribution in [0.15, 0.2) is 0 Å². The molecular formula is C8H13NO3. The van der Waals surface area contributed by atoms with Gasteiger partial charge < -0.3 is 15.3 Å². The number of carbonyl (C=O) groups excluding carboxylic acids is 2. The van der Waals surface area contributed by atoms with Gasteiger partial charge in [-0.1, -0.05) is 0 Å². The Kier molecular flexibility index (Phi) is 2.68. The quantitative estimate of drug-likeness (QED) is 0.684. The summed E-state index contributed by atoms with van der Waals surface area (Å²) in [7, 11) is 0. The van der Waals surface area contributed by atoms with E-state index in [1.54, 1.807) is 6.92 Å². The molecule has 1 fully saturated rings. The highest BCUT2D eigenvalue weighted by Crippen LogP contribution is 2.32. The van der Waals surface area contributed by atoms with Gasteiger partial charge in [0.1, 0.15) is 11.9 Å². The lowest BCUT2D eigenvalue weighted by atomic mass is 9.79. The number of nitrogens with two attached hydrogens (primary N) is 1. The van der Waals surface area contributed by atoms with Gasteiger partial charge in [0.2, 0.25) is 0 Å². The average molecular weight is 171 g/mol. The molecule has 0 atom stereocenters. The maximum Gasteiger partial charge on any atom is 0.404 e. The van der Waals surface area contributed by atoms with Crippen molar-refractivity contribution in [3.05, 3.63) is 0 Å². The minimum atomic E-state index is -0.721. The summed E-state index contributed by atoms with van der Waals surface area (Å²) in [5.41, 5.74) is 4.82. The molecule has 0 unspecified atom stereocenters. The SMILES string of the molecule is CC(=O)CC1CC(OC(N)=O)C1. The minimum Gasteiger partial charge on any atom is -0.446 e. The second-order valence-electron chi connectivity index (χ2n) is 3.30. The number of hydrogen-bond donors (Lipinski definition) is 1. The van der Waals surface area contributed by atoms with Crippen LogP contribution in [0.25, 0.3) is 0 Å². The smallest absolute Gasteiger partial charge is 0.404 e. The zero-order valence-electron chi connectivity index (χ0n) is 7.08. The van der Waals surface area contributed by atoms with Gasteiger partial charge in [0, 0.05) is 6.42 Å². The van der Waals surface area contributed by atoms with Gasteiger partial charge in [0.25, 0.3) is 0 Å². The van der Waals surface area contributed by atoms with Crippen LogP contribution in [-0.2, 0) is 9.53 Å². The van der Waals surface area contributed by atoms with Crippen molar-refractivity contribution in [3.8, 4) is 0 Å². The Morgan fingerprint density at radius 1 is 1.50 bits per heavy atom. The first-order valence-electron chi connectivity index (χ1n) is 4.03. The Morgan fingerprint density at radius 2 is 2.08 bits per heavy atom. The largest absolute Gasteiger partial charge is 0.446 e. The number of Topliss-reactive ketones (excluding diaryl/α,β-unsaturated/α-hetero) is 1. The number of primary amides is 1. The van der Waals surface area contributed by atoms with E-state index in [1.165, 1.54) is 0 Å². The molecule has 1 aliphatic rings. The molecule has 0 aromatic carbocycles. The topological polar surface area (TPSA) is 69.4 Å². The molecule has 4 heteroatoms. The Morgan fingerprint density at radius 3 is 2.50 bits per heavy atom. The van der Waals surface area contributed by atoms with Crippen LogP contribution in [0.4, 0.5) is 4.79 Å². The number of amides is 1. The van der Waals surface area contributed by atoms with Crippen LogP contribution in [0.2, 0.25) is 0 Å². The van der Waals surface area contributed by atoms with E-state index in [0.717, 1.165) is 12.8 Å². The molecule has 0 aromatic rings. The number of hydrogen-bond acceptors (Lipinski definition) is 3. The van der Waals surface area contributed by atoms with E-state index in [0.29, 0.717) is 12.3 Å². The summed E-state index contributed by atoms with van der Waals surface area (Å²) in [6, 6.07) is 0. The van der Waals surface area contributed by atoms with Crippen LogP contribution >= 0.6 is 0 Å². The standard InChI is InChI=1S/C8H13NO3/c1-5(10)2-6-3-7(4-6)12-8(9)11/h6-7H,2-4H2,1H3,(H2,9,11). The summed E-state index contributed by atoms with van der Waals surface area (Å²) < 4.78 is 4.73. The lowest BCUT2D eigenvalue weighted by Crippen LogP contribution is -2.35. The molecule has 1 saturated carbocycles. The molecule has 4 nitrogen and oxygen atoms in total. The number of ketones is 1. The highest BCUT2D eigenvalue weighted by atomic mass is 16.6. The first-order valence-corrected chi connectivity index (χ1v) is 4.03. The number of rotatable bonds is 3. The van der Waals surface area contributed by atoms with Crippen molar-refractivity contribution in [2.75, 3.05) is 0 Å². The minimum absolute atomic E-state index is 0.0492. The zero-order valence-corrected chi connectivity index (χ0v) is 7.08. The normalized spacial score (nSPS) is 27.4. The molecule has 0 aliphatic heterocycles. The van der Waals surface area contributed by atoms with Crippen molar-refractivity contribution >= 4 is 11.9 Å². The Bertz CT molecular complexity index is 176. The van der Waals surface area contributed by atoms with Gasteiger partial charge in [-0.15, -0.1) is 0 Å². The van der Waals surface area contributed by atoms with Gasteiger partial charge >= 0.3 is 6.09 Å². The van der Waals surface area contributed by atoms with E-state index in [-0.39, 0.29) is 11.9 Å². The average Bonchev–Trinajstić information content (AvgIpc) is 1.80. The molecule has 0 aromatic heterocycles. The van der Waals surface area contributed by atoms with Crippen LogP contribution in [0.1, 0.15) is 26.2 Å². The maximum absolute atomic E-state index is 10.6. The highest BCUT2D eigenvalue weighted by molar-refractivity contribution is 5.75. The predicted molar refractivity (Wildman–Crippen MR) is 42.5 cm³/mol. The van der Waals surface area contributed by atoms with Gasteiger partial charge in [-0.3, -0.25) is 0 Å². The van der Waals surface area contributed by atoms with E-state index in [2.05, 4.69) is 0 Å². The van der Waals surface area contributed by atoms with Crippen LogP contribution in [0, 0.1) is 5.92 Å². The molecule has 0 bridgehead atoms. The first kappa shape index (κ1) is 9.03. The van der Waals surface area contributed by atoms with E-state index in [4.69, 9.17) is 10.5 Å². The molecule has 68 valence electrons. The Balaban J connectivity index is 2.11. The summed E-state index contributed by atoms with van der Waals surface area (Å²) in [6.07, 6.45) is 1.39. The van der Waals surface area contributed by atoms with Crippen molar-refractivity contribution in [1.82, 2.24) is 0 Å². The van der Waals surface area contributed by atoms with Crippen LogP contribution in [0.3, 0.4) is 0 Å². The van der Waals surface area contributed by atoms with Gasteiger partial charge in [0.05, 0.1) is 0 Å². The molecule has 0 spiro atoms. The van der Waals surface area contributed by atoms with Crippen molar-refractivity contribution in [2.24, 2.45) is 11.7 Å². The third kappa shape index (κ3) is 2.53. The molecule has 1 rings (SSSR count). The molecule has 2 N–H and O–H groups in total. The second kappa shape index (κ2) is 3.56. The number of carbonyl (C=O) groups is 2. The third-order valence-corrected chi connectivity index (χ3v) is 2.05. The van der Waals surface area contributed by atoms with Crippen molar-refractivity contribution in [3.63, 3.8) is 0 Å². The van der Waals surface area contributed by atoms with Gasteiger partial charge in [-0.05, 0) is 25.7 Å². The highest BCUT2D eigenvalue weighted by Gasteiger charge is 2.32. The van der Waals surface area contributed by atoms with Gasteiger partial charge in [-0.25, -0.2) is 4.79 Å². The van der Waals surface area contributed by atoms with Crippen molar-refractivity contribution in [1.29, 1.82) is 0 Å². The van der Waals surface area contributed by atoms with E-state index in [1.807, 2.05) is 0 Å². The van der Waals surface area contributed by atoms with E-state index >= 15 is 0 Å². The monoisotopic (exact) mass is 171 g/mol. The Hall–Kier alpha value is -1.06. The molecule has 0 radical (unpaired) electrons. The molecule has 12 heavy (non-hydrogen) atoms. The van der Waals surface area contributed by atoms with Gasteiger partial charge in [-0.2, -0.15) is 0 Å². The molecule has 1 aliphatic carbocycles. The zero-order chi connectivity index (χ0) is 9.14. The Labute approximate surface area is 71.1 Å². The summed E-state index contributed by atoms with van der Waals surface area (Å²) in [6.45, 7) is 1.57. The lowest BCUT2D eigenvalue weighted by Gasteiger charge is -2.33. The van der Waals surface area contributed by atoms with E-state index < -0.39 is 6.09 Å². The molecular weight excluding hydrogens is 158 g/mol. The van der Waals surface area contributed by atoms with Crippen LogP contribution in [0.5, 0.6) is 0 Å². The summed E-state index contributed by atoms with van der Waals surface area (Å²) in [5.74, 6) is 0.587. The summed E-state index contributed by atoms with van der Waals surface area (Å²) in [4.78, 5) is 20.9. The van der Waals surface area contributed by atoms with Crippen LogP contribution < -0.4 is 5.73 Å². The summed E-state index contributed by atoms with van der Waals surface area (Å²) in [5, 5.41) is 0. The first-order chi connectivity index (χ1) is 5.58. The van der Waals surface area contributed by atoms with Crippen LogP contribution in [-0.4, -0.2) is 18.0 Å². The molecule has 0 heterocycles.